The molecule has 0 aromatic heterocycles. The van der Waals surface area contributed by atoms with Crippen LogP contribution in [0.25, 0.3) is 11.1 Å². The van der Waals surface area contributed by atoms with Crippen molar-refractivity contribution >= 4 is 35.4 Å². The Morgan fingerprint density at radius 1 is 0.952 bits per heavy atom. The van der Waals surface area contributed by atoms with Gasteiger partial charge in [0.05, 0.1) is 0 Å². The van der Waals surface area contributed by atoms with Crippen LogP contribution >= 0.6 is 23.5 Å². The lowest BCUT2D eigenvalue weighted by atomic mass is 9.85. The highest BCUT2D eigenvalue weighted by molar-refractivity contribution is 7.99. The molecule has 3 N–H and O–H groups in total. The maximum Gasteiger partial charge on any atom is 0.326 e. The third-order valence-electron chi connectivity index (χ3n) is 8.11. The zero-order chi connectivity index (χ0) is 29.7. The zero-order valence-electron chi connectivity index (χ0n) is 24.8. The second-order valence-corrected chi connectivity index (χ2v) is 13.4. The first-order valence-electron chi connectivity index (χ1n) is 15.1. The zero-order valence-corrected chi connectivity index (χ0v) is 26.4. The minimum Gasteiger partial charge on any atom is -0.480 e. The fourth-order valence-corrected chi connectivity index (χ4v) is 7.21. The van der Waals surface area contributed by atoms with Gasteiger partial charge in [0.1, 0.15) is 6.04 Å². The normalized spacial score (nSPS) is 15.2. The van der Waals surface area contributed by atoms with Gasteiger partial charge in [0, 0.05) is 28.8 Å². The molecule has 0 aliphatic heterocycles. The molecule has 0 unspecified atom stereocenters. The van der Waals surface area contributed by atoms with E-state index in [0.29, 0.717) is 30.3 Å². The molecule has 0 bridgehead atoms. The minimum atomic E-state index is -1.01. The summed E-state index contributed by atoms with van der Waals surface area (Å²) in [4.78, 5) is 26.6. The fourth-order valence-electron chi connectivity index (χ4n) is 5.74. The summed E-state index contributed by atoms with van der Waals surface area (Å²) in [5.74, 6) is 1.09. The van der Waals surface area contributed by atoms with Crippen molar-refractivity contribution < 1.29 is 14.7 Å². The quantitative estimate of drug-likeness (QED) is 0.154. The molecule has 1 saturated carbocycles. The number of nitrogens with one attached hydrogen (secondary N) is 2. The summed E-state index contributed by atoms with van der Waals surface area (Å²) in [6.45, 7) is 2.75. The Labute approximate surface area is 259 Å². The van der Waals surface area contributed by atoms with Gasteiger partial charge in [-0.05, 0) is 84.2 Å². The average Bonchev–Trinajstić information content (AvgIpc) is 3.01. The van der Waals surface area contributed by atoms with E-state index in [2.05, 4.69) is 47.0 Å². The Morgan fingerprint density at radius 2 is 1.69 bits per heavy atom. The highest BCUT2D eigenvalue weighted by Crippen LogP contribution is 2.31. The predicted molar refractivity (Wildman–Crippen MR) is 177 cm³/mol. The number of rotatable bonds is 15. The van der Waals surface area contributed by atoms with E-state index in [1.807, 2.05) is 61.3 Å². The molecule has 1 aliphatic rings. The van der Waals surface area contributed by atoms with Gasteiger partial charge < -0.3 is 15.7 Å². The highest BCUT2D eigenvalue weighted by atomic mass is 32.2. The maximum atomic E-state index is 13.4. The van der Waals surface area contributed by atoms with Crippen LogP contribution in [0.5, 0.6) is 0 Å². The van der Waals surface area contributed by atoms with Gasteiger partial charge in [-0.2, -0.15) is 11.8 Å². The van der Waals surface area contributed by atoms with Crippen molar-refractivity contribution in [3.63, 3.8) is 0 Å². The van der Waals surface area contributed by atoms with E-state index in [0.717, 1.165) is 33.9 Å². The number of aliphatic carboxylic acids is 1. The van der Waals surface area contributed by atoms with Crippen LogP contribution in [0.15, 0.2) is 77.7 Å². The number of carbonyl (C=O) groups excluding carboxylic acids is 1. The van der Waals surface area contributed by atoms with Gasteiger partial charge in [-0.15, -0.1) is 11.8 Å². The largest absolute Gasteiger partial charge is 0.480 e. The number of aryl methyl sites for hydroxylation is 1. The van der Waals surface area contributed by atoms with Gasteiger partial charge in [0.15, 0.2) is 0 Å². The molecule has 3 aromatic rings. The highest BCUT2D eigenvalue weighted by Gasteiger charge is 2.23. The van der Waals surface area contributed by atoms with Crippen LogP contribution in [-0.4, -0.2) is 46.8 Å². The van der Waals surface area contributed by atoms with Crippen molar-refractivity contribution in [3.8, 4) is 11.1 Å². The van der Waals surface area contributed by atoms with Crippen molar-refractivity contribution in [2.75, 3.05) is 17.8 Å². The van der Waals surface area contributed by atoms with Crippen LogP contribution in [0.4, 0.5) is 0 Å². The number of carbonyl (C=O) groups is 2. The van der Waals surface area contributed by atoms with Gasteiger partial charge in [0.2, 0.25) is 0 Å². The minimum absolute atomic E-state index is 0.351. The molecule has 5 nitrogen and oxygen atoms in total. The number of hydrogen-bond acceptors (Lipinski definition) is 5. The van der Waals surface area contributed by atoms with Crippen LogP contribution in [0.1, 0.15) is 66.4 Å². The summed E-state index contributed by atoms with van der Waals surface area (Å²) < 4.78 is 0. The van der Waals surface area contributed by atoms with Crippen molar-refractivity contribution in [3.05, 3.63) is 89.5 Å². The summed E-state index contributed by atoms with van der Waals surface area (Å²) in [5, 5.41) is 16.3. The van der Waals surface area contributed by atoms with Gasteiger partial charge in [0.25, 0.3) is 5.91 Å². The molecule has 1 aliphatic carbocycles. The molecule has 0 spiro atoms. The Morgan fingerprint density at radius 3 is 2.40 bits per heavy atom. The molecular weight excluding hydrogens is 561 g/mol. The number of benzene rings is 3. The first-order valence-corrected chi connectivity index (χ1v) is 17.4. The molecule has 0 radical (unpaired) electrons. The summed E-state index contributed by atoms with van der Waals surface area (Å²) in [7, 11) is 0. The van der Waals surface area contributed by atoms with Crippen molar-refractivity contribution in [1.82, 2.24) is 10.6 Å². The van der Waals surface area contributed by atoms with Gasteiger partial charge in [-0.3, -0.25) is 4.79 Å². The van der Waals surface area contributed by atoms with Crippen molar-refractivity contribution in [2.24, 2.45) is 5.92 Å². The SMILES string of the molecule is CSCC[C@H](NC(=O)c1ccc(CN[C@H](CSc2ccccc2)CC2CCCCC2)cc1-c1ccccc1C)C(=O)O. The second-order valence-electron chi connectivity index (χ2n) is 11.3. The average molecular weight is 605 g/mol. The molecule has 0 saturated heterocycles. The van der Waals surface area contributed by atoms with Crippen molar-refractivity contribution in [1.29, 1.82) is 0 Å². The number of carboxylic acids is 1. The Kier molecular flexibility index (Phi) is 12.9. The van der Waals surface area contributed by atoms with Gasteiger partial charge >= 0.3 is 5.97 Å². The molecule has 42 heavy (non-hydrogen) atoms. The van der Waals surface area contributed by atoms with Gasteiger partial charge in [-0.25, -0.2) is 4.79 Å². The molecule has 2 atom stereocenters. The first kappa shape index (κ1) is 32.2. The lowest BCUT2D eigenvalue weighted by Gasteiger charge is -2.27. The number of thioether (sulfide) groups is 2. The molecule has 0 heterocycles. The van der Waals surface area contributed by atoms with E-state index >= 15 is 0 Å². The molecular formula is C35H44N2O3S2. The second kappa shape index (κ2) is 16.8. The van der Waals surface area contributed by atoms with E-state index in [1.54, 1.807) is 11.8 Å². The van der Waals surface area contributed by atoms with E-state index in [-0.39, 0.29) is 5.91 Å². The lowest BCUT2D eigenvalue weighted by molar-refractivity contribution is -0.139. The Bertz CT molecular complexity index is 1290. The van der Waals surface area contributed by atoms with Crippen LogP contribution in [0, 0.1) is 12.8 Å². The molecule has 224 valence electrons. The lowest BCUT2D eigenvalue weighted by Crippen LogP contribution is -2.41. The number of hydrogen-bond donors (Lipinski definition) is 3. The van der Waals surface area contributed by atoms with Crippen LogP contribution in [0.3, 0.4) is 0 Å². The monoisotopic (exact) mass is 604 g/mol. The maximum absolute atomic E-state index is 13.4. The van der Waals surface area contributed by atoms with Crippen molar-refractivity contribution in [2.45, 2.75) is 75.4 Å². The topological polar surface area (TPSA) is 78.4 Å². The summed E-state index contributed by atoms with van der Waals surface area (Å²) in [6, 6.07) is 24.1. The smallest absolute Gasteiger partial charge is 0.326 e. The predicted octanol–water partition coefficient (Wildman–Crippen LogP) is 7.82. The Balaban J connectivity index is 1.54. The standard InChI is InChI=1S/C35H44N2O3S2/c1-25-11-9-10-16-30(25)32-22-27(17-18-31(32)34(38)37-33(35(39)40)19-20-41-2)23-36-28(21-26-12-5-3-6-13-26)24-42-29-14-7-4-8-15-29/h4,7-11,14-18,22,26,28,33,36H,3,5-6,12-13,19-21,23-24H2,1-2H3,(H,37,38)(H,39,40)/t28-,33-/m0/s1. The van der Waals surface area contributed by atoms with Gasteiger partial charge in [-0.1, -0.05) is 80.6 Å². The molecule has 4 rings (SSSR count). The number of amides is 1. The molecule has 3 aromatic carbocycles. The van der Waals surface area contributed by atoms with Crippen LogP contribution < -0.4 is 10.6 Å². The van der Waals surface area contributed by atoms with Crippen LogP contribution in [0.2, 0.25) is 0 Å². The van der Waals surface area contributed by atoms with E-state index in [1.165, 1.54) is 43.4 Å². The van der Waals surface area contributed by atoms with E-state index < -0.39 is 12.0 Å². The number of carboxylic acid groups (broad SMARTS) is 1. The molecule has 1 amide bonds. The van der Waals surface area contributed by atoms with E-state index in [4.69, 9.17) is 0 Å². The summed E-state index contributed by atoms with van der Waals surface area (Å²) in [6.07, 6.45) is 10.2. The first-order chi connectivity index (χ1) is 20.4. The molecule has 7 heteroatoms. The van der Waals surface area contributed by atoms with Crippen LogP contribution in [-0.2, 0) is 11.3 Å². The van der Waals surface area contributed by atoms with E-state index in [9.17, 15) is 14.7 Å². The third-order valence-corrected chi connectivity index (χ3v) is 9.93. The fraction of sp³-hybridized carbons (Fsp3) is 0.429. The third kappa shape index (κ3) is 9.65. The summed E-state index contributed by atoms with van der Waals surface area (Å²) >= 11 is 3.48. The summed E-state index contributed by atoms with van der Waals surface area (Å²) in [5.41, 5.74) is 4.51. The molecule has 1 fully saturated rings. The Hall–Kier alpha value is -2.74.